The Kier molecular flexibility index (Phi) is 65.0. The van der Waals surface area contributed by atoms with E-state index < -0.39 is 63.6 Å². The van der Waals surface area contributed by atoms with Crippen molar-refractivity contribution >= 4 is 157 Å². The van der Waals surface area contributed by atoms with Gasteiger partial charge in [0.2, 0.25) is 0 Å². The first-order valence-electron chi connectivity index (χ1n) is 34.2. The van der Waals surface area contributed by atoms with Crippen LogP contribution in [0.5, 0.6) is 0 Å². The minimum atomic E-state index is -4.79. The number of hydrogen-bond donors (Lipinski definition) is 2. The van der Waals surface area contributed by atoms with Crippen molar-refractivity contribution in [1.82, 2.24) is 0 Å². The Morgan fingerprint density at radius 3 is 0.956 bits per heavy atom. The first kappa shape index (κ1) is 124. The Morgan fingerprint density at radius 2 is 0.655 bits per heavy atom. The van der Waals surface area contributed by atoms with Gasteiger partial charge in [0.15, 0.2) is 16.6 Å². The summed E-state index contributed by atoms with van der Waals surface area (Å²) in [4.78, 5) is 18.2. The molecule has 0 spiro atoms. The fourth-order valence-electron chi connectivity index (χ4n) is 6.27. The van der Waals surface area contributed by atoms with Gasteiger partial charge in [-0.05, 0) is 204 Å². The van der Waals surface area contributed by atoms with Gasteiger partial charge in [-0.15, -0.1) is 0 Å². The van der Waals surface area contributed by atoms with Crippen LogP contribution in [-0.2, 0) is 37.5 Å². The molecule has 0 saturated carbocycles. The van der Waals surface area contributed by atoms with Crippen LogP contribution in [0.3, 0.4) is 0 Å². The van der Waals surface area contributed by atoms with Crippen LogP contribution >= 0.6 is 112 Å². The third kappa shape index (κ3) is 65.1. The molecule has 0 aromatic heterocycles. The van der Waals surface area contributed by atoms with Crippen LogP contribution in [0, 0.1) is 11.2 Å². The first-order chi connectivity index (χ1) is 49.4. The van der Waals surface area contributed by atoms with E-state index in [1.54, 1.807) is 18.2 Å². The van der Waals surface area contributed by atoms with Crippen molar-refractivity contribution in [3.8, 4) is 11.1 Å². The molecule has 1 aliphatic rings. The average Bonchev–Trinajstić information content (AvgIpc) is 0.812. The normalized spacial score (nSPS) is 11.2. The molecule has 1 aliphatic carbocycles. The van der Waals surface area contributed by atoms with E-state index >= 15 is 0 Å². The van der Waals surface area contributed by atoms with E-state index in [-0.39, 0.29) is 87.7 Å². The van der Waals surface area contributed by atoms with Gasteiger partial charge in [-0.2, -0.15) is 90.5 Å². The number of hydrogen-bond acceptors (Lipinski definition) is 4. The Balaban J connectivity index is -0.000000219. The van der Waals surface area contributed by atoms with Crippen molar-refractivity contribution in [1.29, 1.82) is 0 Å². The maximum absolute atomic E-state index is 12.1. The average molecular weight is 2100 g/mol. The van der Waals surface area contributed by atoms with E-state index in [0.29, 0.717) is 31.5 Å². The zero-order valence-electron chi connectivity index (χ0n) is 68.9. The molecule has 0 saturated heterocycles. The van der Waals surface area contributed by atoms with Gasteiger partial charge in [-0.1, -0.05) is 286 Å². The summed E-state index contributed by atoms with van der Waals surface area (Å²) >= 11 is 22.1. The fraction of sp³-hybridized carbons (Fsp3) is 0.373. The second-order valence-corrected chi connectivity index (χ2v) is 51.5. The summed E-state index contributed by atoms with van der Waals surface area (Å²) in [5.41, 5.74) is 2.14. The molecule has 113 heavy (non-hydrogen) atoms. The number of fused-ring (bicyclic) bond motifs is 2. The summed E-state index contributed by atoms with van der Waals surface area (Å²) in [5, 5.41) is 3.29. The van der Waals surface area contributed by atoms with Gasteiger partial charge in [-0.3, -0.25) is 17.6 Å². The molecule has 4 nitrogen and oxygen atoms in total. The molecule has 4 N–H and O–H groups in total. The maximum atomic E-state index is 12.1. The van der Waals surface area contributed by atoms with Crippen molar-refractivity contribution in [2.24, 2.45) is 5.41 Å². The molecule has 0 amide bonds. The van der Waals surface area contributed by atoms with E-state index in [4.69, 9.17) is 4.80 Å². The van der Waals surface area contributed by atoms with E-state index in [1.807, 2.05) is 64.8 Å². The molecule has 9 aromatic rings. The van der Waals surface area contributed by atoms with Crippen LogP contribution in [-0.4, -0.2) is 54.8 Å². The summed E-state index contributed by atoms with van der Waals surface area (Å²) in [6, 6.07) is 56.9. The predicted molar refractivity (Wildman–Crippen MR) is 475 cm³/mol. The van der Waals surface area contributed by atoms with Crippen molar-refractivity contribution in [2.45, 2.75) is 196 Å². The standard InChI is InChI=1S/C12H9Br.C10H7Br.C8H3BrF6.C8H7Br.2C7H4BrF3.C6H4BrF.C6H16OSi.C6H15Si.C5H12.C3H10OSi.C3H9Si.C2H6.2Li.2H2O/c13-12-8-6-11(7-9-12)10-4-2-1-3-5-10;11-10-7-3-5-8-4-1-2-6-9(8)10;9-6-2-4(7(10,11)12)1-5(3-6)8(13,14)15;9-8-4-3-6-1-2-7(6)5-8;8-6-3-1-5(2-4-6)7(9,10)11;8-6-3-1-2-5(4-6)7(9,10)11;7-5-1-3-6(8)4-2-5;1-6(2,3)8(4,5)7;1-6(2,3)7(4)5;2*1-5(2,3)4;1-4(2)3;1-2;;;;/h1-9H;1-7H;1-3H;3-5H,1-2H2;2*1-4H;1-4H;7H,1-5H3;1-5H3;1-4H3;4H,1-3H3;1-3H3;1-2H3;;;2*1H2/q;;;;;;;;-1;;;-1;;2*+1;;/p-2. The number of benzene rings is 9. The smallest absolute Gasteiger partial charge is 0.870 e. The Hall–Kier alpha value is -2.41. The van der Waals surface area contributed by atoms with Crippen LogP contribution < -0.4 is 37.7 Å². The predicted octanol–water partition coefficient (Wildman–Crippen LogP) is 27.7. The van der Waals surface area contributed by atoms with Gasteiger partial charge in [0.05, 0.1) is 22.3 Å². The minimum Gasteiger partial charge on any atom is -0.870 e. The molecule has 30 heteroatoms. The van der Waals surface area contributed by atoms with E-state index in [2.05, 4.69) is 311 Å². The van der Waals surface area contributed by atoms with Crippen LogP contribution in [0.2, 0.25) is 75.5 Å². The molecule has 0 radical (unpaired) electrons. The van der Waals surface area contributed by atoms with Crippen molar-refractivity contribution in [3.05, 3.63) is 277 Å². The fourth-order valence-corrected chi connectivity index (χ4v) is 8.88. The maximum Gasteiger partial charge on any atom is 1.00 e. The quantitative estimate of drug-likeness (QED) is 0.126. The van der Waals surface area contributed by atoms with Crippen molar-refractivity contribution in [2.75, 3.05) is 0 Å². The molecule has 0 atom stereocenters. The first-order valence-corrected chi connectivity index (χ1v) is 51.6. The SMILES string of the molecule is Brc1ccc(-c2ccccc2)cc1.Brc1ccc2c(c1)CC2.Brc1cccc2ccccc12.CC.CC(C)(C)C.CC(C)(C)[Si](C)(C)O.C[Si-](C)C.C[Si-](C)C(C)(C)C.C[Si](C)(C)O.FC(F)(F)c1cc(Br)cc(C(F)(F)F)c1.FC(F)(F)c1ccc(Br)cc1.FC(F)(F)c1cccc(Br)c1.Fc1ccc(Br)cc1.[Li+].[Li+].[OH-].[OH-]. The molecule has 0 bridgehead atoms. The zero-order valence-corrected chi connectivity index (χ0v) is 84.0. The molecule has 0 unspecified atom stereocenters. The zero-order chi connectivity index (χ0) is 85.5. The molecular weight excluding hydrogens is 1990 g/mol. The Morgan fingerprint density at radius 1 is 0.354 bits per heavy atom. The summed E-state index contributed by atoms with van der Waals surface area (Å²) in [5.74, 6) is -0.201. The third-order valence-corrected chi connectivity index (χ3v) is 23.9. The van der Waals surface area contributed by atoms with E-state index in [9.17, 15) is 61.9 Å². The number of rotatable bonds is 1. The summed E-state index contributed by atoms with van der Waals surface area (Å²) in [6.45, 7) is 47.0. The van der Waals surface area contributed by atoms with Crippen molar-refractivity contribution in [3.63, 3.8) is 0 Å². The van der Waals surface area contributed by atoms with Gasteiger partial charge < -0.3 is 20.5 Å². The van der Waals surface area contributed by atoms with Gasteiger partial charge in [-0.25, -0.2) is 4.39 Å². The van der Waals surface area contributed by atoms with Crippen molar-refractivity contribution < 1.29 is 115 Å². The summed E-state index contributed by atoms with van der Waals surface area (Å²) in [6.07, 6.45) is -15.5. The third-order valence-electron chi connectivity index (χ3n) is 13.5. The monoisotopic (exact) mass is 2090 g/mol. The molecule has 0 fully saturated rings. The van der Waals surface area contributed by atoms with Crippen LogP contribution in [0.1, 0.15) is 116 Å². The molecule has 0 aliphatic heterocycles. The number of halogens is 20. The van der Waals surface area contributed by atoms with E-state index in [1.165, 1.54) is 80.7 Å². The Labute approximate surface area is 753 Å². The van der Waals surface area contributed by atoms with Gasteiger partial charge in [0.1, 0.15) is 5.82 Å². The molecular formula is C83H108Br7F13Li2O4Si4-2. The molecule has 10 rings (SSSR count). The second-order valence-electron chi connectivity index (χ2n) is 29.7. The summed E-state index contributed by atoms with van der Waals surface area (Å²) < 4.78 is 162. The van der Waals surface area contributed by atoms with Crippen LogP contribution in [0.15, 0.2) is 238 Å². The largest absolute Gasteiger partial charge is 1.00 e. The topological polar surface area (TPSA) is 100 Å². The van der Waals surface area contributed by atoms with Gasteiger partial charge >= 0.3 is 62.4 Å². The second kappa shape index (κ2) is 59.3. The van der Waals surface area contributed by atoms with Gasteiger partial charge in [0.25, 0.3) is 0 Å². The molecule has 0 heterocycles. The Bertz CT molecular complexity index is 3850. The molecule has 624 valence electrons. The molecule has 9 aromatic carbocycles. The summed E-state index contributed by atoms with van der Waals surface area (Å²) in [7, 11) is -3.40. The van der Waals surface area contributed by atoms with E-state index in [0.717, 1.165) is 37.7 Å². The minimum absolute atomic E-state index is 0. The number of alkyl halides is 12. The van der Waals surface area contributed by atoms with Crippen LogP contribution in [0.25, 0.3) is 21.9 Å². The van der Waals surface area contributed by atoms with Gasteiger partial charge in [0, 0.05) is 31.3 Å². The van der Waals surface area contributed by atoms with Crippen LogP contribution in [0.4, 0.5) is 57.1 Å². The number of aryl methyl sites for hydroxylation is 2.